The third-order valence-corrected chi connectivity index (χ3v) is 3.48. The fraction of sp³-hybridized carbons (Fsp3) is 0.308. The van der Waals surface area contributed by atoms with Gasteiger partial charge in [0.15, 0.2) is 0 Å². The monoisotopic (exact) mass is 328 g/mol. The average molecular weight is 330 g/mol. The first-order valence-corrected chi connectivity index (χ1v) is 6.95. The fourth-order valence-electron chi connectivity index (χ4n) is 1.87. The Kier molecular flexibility index (Phi) is 4.43. The number of hydrogen-bond acceptors (Lipinski definition) is 2. The van der Waals surface area contributed by atoms with Crippen LogP contribution in [0.25, 0.3) is 0 Å². The first-order valence-electron chi connectivity index (χ1n) is 5.78. The van der Waals surface area contributed by atoms with Crippen molar-refractivity contribution in [1.29, 1.82) is 0 Å². The van der Waals surface area contributed by atoms with Gasteiger partial charge < -0.3 is 5.11 Å². The molecular formula is C13H14BrClN2O. The highest BCUT2D eigenvalue weighted by Crippen LogP contribution is 2.29. The summed E-state index contributed by atoms with van der Waals surface area (Å²) in [4.78, 5) is 0. The first kappa shape index (κ1) is 13.6. The van der Waals surface area contributed by atoms with Gasteiger partial charge in [0.25, 0.3) is 0 Å². The molecule has 1 atom stereocenters. The van der Waals surface area contributed by atoms with Gasteiger partial charge in [0.1, 0.15) is 6.10 Å². The van der Waals surface area contributed by atoms with E-state index in [1.54, 1.807) is 10.9 Å². The van der Waals surface area contributed by atoms with E-state index in [1.165, 1.54) is 0 Å². The second-order valence-electron chi connectivity index (χ2n) is 4.06. The van der Waals surface area contributed by atoms with E-state index in [0.29, 0.717) is 10.7 Å². The molecule has 3 nitrogen and oxygen atoms in total. The van der Waals surface area contributed by atoms with Crippen LogP contribution in [0.4, 0.5) is 0 Å². The Morgan fingerprint density at radius 2 is 2.28 bits per heavy atom. The van der Waals surface area contributed by atoms with Crippen LogP contribution in [0.2, 0.25) is 5.02 Å². The molecule has 0 aliphatic carbocycles. The van der Waals surface area contributed by atoms with Gasteiger partial charge in [-0.1, -0.05) is 46.6 Å². The number of rotatable bonds is 4. The van der Waals surface area contributed by atoms with Crippen LogP contribution in [0, 0.1) is 0 Å². The van der Waals surface area contributed by atoms with Crippen molar-refractivity contribution < 1.29 is 5.11 Å². The minimum atomic E-state index is -0.760. The molecule has 1 heterocycles. The van der Waals surface area contributed by atoms with Gasteiger partial charge in [-0.2, -0.15) is 5.10 Å². The maximum Gasteiger partial charge on any atom is 0.122 e. The number of benzene rings is 1. The lowest BCUT2D eigenvalue weighted by molar-refractivity contribution is 0.207. The zero-order valence-corrected chi connectivity index (χ0v) is 12.3. The predicted molar refractivity (Wildman–Crippen MR) is 75.7 cm³/mol. The zero-order chi connectivity index (χ0) is 13.1. The Morgan fingerprint density at radius 1 is 1.50 bits per heavy atom. The number of aryl methyl sites for hydroxylation is 1. The maximum absolute atomic E-state index is 10.4. The Hall–Kier alpha value is -0.840. The summed E-state index contributed by atoms with van der Waals surface area (Å²) in [6.45, 7) is 2.80. The van der Waals surface area contributed by atoms with Crippen molar-refractivity contribution in [3.8, 4) is 0 Å². The normalized spacial score (nSPS) is 12.7. The molecule has 0 amide bonds. The summed E-state index contributed by atoms with van der Waals surface area (Å²) < 4.78 is 2.69. The van der Waals surface area contributed by atoms with E-state index in [1.807, 2.05) is 24.3 Å². The van der Waals surface area contributed by atoms with Gasteiger partial charge in [-0.3, -0.25) is 4.68 Å². The van der Waals surface area contributed by atoms with E-state index in [2.05, 4.69) is 28.0 Å². The third-order valence-electron chi connectivity index (χ3n) is 2.69. The van der Waals surface area contributed by atoms with Crippen LogP contribution in [0.1, 0.15) is 30.7 Å². The average Bonchev–Trinajstić information content (AvgIpc) is 2.70. The second-order valence-corrected chi connectivity index (χ2v) is 5.38. The molecule has 5 heteroatoms. The van der Waals surface area contributed by atoms with Gasteiger partial charge in [0.05, 0.1) is 16.9 Å². The third kappa shape index (κ3) is 2.76. The summed E-state index contributed by atoms with van der Waals surface area (Å²) in [5, 5.41) is 15.1. The van der Waals surface area contributed by atoms with E-state index < -0.39 is 6.10 Å². The Labute approximate surface area is 120 Å². The summed E-state index contributed by atoms with van der Waals surface area (Å²) in [5.74, 6) is 0. The van der Waals surface area contributed by atoms with Crippen LogP contribution >= 0.6 is 27.5 Å². The van der Waals surface area contributed by atoms with E-state index in [0.717, 1.165) is 23.0 Å². The SMILES string of the molecule is CCCn1ncc(Cl)c1C(O)c1cccc(Br)c1. The largest absolute Gasteiger partial charge is 0.382 e. The van der Waals surface area contributed by atoms with Crippen molar-refractivity contribution in [3.05, 3.63) is 51.2 Å². The lowest BCUT2D eigenvalue weighted by atomic mass is 10.1. The summed E-state index contributed by atoms with van der Waals surface area (Å²) in [6, 6.07) is 7.55. The molecule has 0 radical (unpaired) electrons. The van der Waals surface area contributed by atoms with E-state index in [4.69, 9.17) is 11.6 Å². The van der Waals surface area contributed by atoms with Gasteiger partial charge in [-0.15, -0.1) is 0 Å². The quantitative estimate of drug-likeness (QED) is 0.926. The topological polar surface area (TPSA) is 38.0 Å². The molecule has 1 N–H and O–H groups in total. The van der Waals surface area contributed by atoms with Crippen LogP contribution in [-0.4, -0.2) is 14.9 Å². The lowest BCUT2D eigenvalue weighted by Crippen LogP contribution is -2.10. The highest BCUT2D eigenvalue weighted by molar-refractivity contribution is 9.10. The molecule has 1 aromatic heterocycles. The molecule has 2 aromatic rings. The van der Waals surface area contributed by atoms with Gasteiger partial charge in [0, 0.05) is 11.0 Å². The van der Waals surface area contributed by atoms with Crippen LogP contribution in [0.5, 0.6) is 0 Å². The molecule has 0 saturated carbocycles. The van der Waals surface area contributed by atoms with Crippen molar-refractivity contribution in [2.45, 2.75) is 26.0 Å². The summed E-state index contributed by atoms with van der Waals surface area (Å²) >= 11 is 9.51. The molecule has 1 unspecified atom stereocenters. The highest BCUT2D eigenvalue weighted by Gasteiger charge is 2.19. The number of aliphatic hydroxyl groups excluding tert-OH is 1. The van der Waals surface area contributed by atoms with Crippen molar-refractivity contribution in [2.75, 3.05) is 0 Å². The van der Waals surface area contributed by atoms with E-state index in [-0.39, 0.29) is 0 Å². The number of nitrogens with zero attached hydrogens (tertiary/aromatic N) is 2. The minimum Gasteiger partial charge on any atom is -0.382 e. The molecule has 0 fully saturated rings. The number of hydrogen-bond donors (Lipinski definition) is 1. The maximum atomic E-state index is 10.4. The molecule has 0 saturated heterocycles. The van der Waals surface area contributed by atoms with Crippen molar-refractivity contribution in [1.82, 2.24) is 9.78 Å². The summed E-state index contributed by atoms with van der Waals surface area (Å²) in [5.41, 5.74) is 1.45. The smallest absolute Gasteiger partial charge is 0.122 e. The molecular weight excluding hydrogens is 316 g/mol. The predicted octanol–water partition coefficient (Wildman–Crippen LogP) is 3.79. The molecule has 0 aliphatic rings. The van der Waals surface area contributed by atoms with Crippen LogP contribution in [-0.2, 0) is 6.54 Å². The molecule has 2 rings (SSSR count). The Balaban J connectivity index is 2.39. The Bertz CT molecular complexity index is 542. The van der Waals surface area contributed by atoms with Crippen LogP contribution in [0.15, 0.2) is 34.9 Å². The van der Waals surface area contributed by atoms with Crippen LogP contribution in [0.3, 0.4) is 0 Å². The van der Waals surface area contributed by atoms with Crippen molar-refractivity contribution in [3.63, 3.8) is 0 Å². The first-order chi connectivity index (χ1) is 8.63. The van der Waals surface area contributed by atoms with Gasteiger partial charge in [-0.05, 0) is 24.1 Å². The summed E-state index contributed by atoms with van der Waals surface area (Å²) in [6.07, 6.45) is 1.76. The van der Waals surface area contributed by atoms with E-state index >= 15 is 0 Å². The second kappa shape index (κ2) is 5.87. The molecule has 0 bridgehead atoms. The summed E-state index contributed by atoms with van der Waals surface area (Å²) in [7, 11) is 0. The number of aromatic nitrogens is 2. The fourth-order valence-corrected chi connectivity index (χ4v) is 2.53. The Morgan fingerprint density at radius 3 is 2.94 bits per heavy atom. The van der Waals surface area contributed by atoms with Gasteiger partial charge in [0.2, 0.25) is 0 Å². The highest BCUT2D eigenvalue weighted by atomic mass is 79.9. The number of halogens is 2. The standard InChI is InChI=1S/C13H14BrClN2O/c1-2-6-17-12(11(15)8-16-17)13(18)9-4-3-5-10(14)7-9/h3-5,7-8,13,18H,2,6H2,1H3. The van der Waals surface area contributed by atoms with Crippen molar-refractivity contribution >= 4 is 27.5 Å². The number of aliphatic hydroxyl groups is 1. The van der Waals surface area contributed by atoms with E-state index in [9.17, 15) is 5.11 Å². The van der Waals surface area contributed by atoms with Crippen LogP contribution < -0.4 is 0 Å². The minimum absolute atomic E-state index is 0.496. The zero-order valence-electron chi connectivity index (χ0n) is 9.98. The molecule has 0 aliphatic heterocycles. The van der Waals surface area contributed by atoms with Gasteiger partial charge >= 0.3 is 0 Å². The molecule has 96 valence electrons. The lowest BCUT2D eigenvalue weighted by Gasteiger charge is -2.14. The molecule has 18 heavy (non-hydrogen) atoms. The molecule has 0 spiro atoms. The molecule has 1 aromatic carbocycles. The van der Waals surface area contributed by atoms with Gasteiger partial charge in [-0.25, -0.2) is 0 Å². The van der Waals surface area contributed by atoms with Crippen molar-refractivity contribution in [2.24, 2.45) is 0 Å².